The van der Waals surface area contributed by atoms with Gasteiger partial charge in [-0.15, -0.1) is 11.3 Å². The Morgan fingerprint density at radius 2 is 2.14 bits per heavy atom. The van der Waals surface area contributed by atoms with Gasteiger partial charge in [0.1, 0.15) is 0 Å². The number of nitrogens with zero attached hydrogens (tertiary/aromatic N) is 3. The van der Waals surface area contributed by atoms with E-state index in [-0.39, 0.29) is 24.0 Å². The number of amides is 1. The molecule has 2 heterocycles. The van der Waals surface area contributed by atoms with Crippen LogP contribution in [0.3, 0.4) is 0 Å². The molecular formula is C17H14N4O5S2. The number of ether oxygens (including phenoxy) is 1. The van der Waals surface area contributed by atoms with Crippen LogP contribution in [0.1, 0.15) is 18.2 Å². The van der Waals surface area contributed by atoms with Crippen molar-refractivity contribution in [1.29, 1.82) is 0 Å². The maximum Gasteiger partial charge on any atom is 0.311 e. The largest absolute Gasteiger partial charge is 0.466 e. The van der Waals surface area contributed by atoms with Crippen molar-refractivity contribution in [3.63, 3.8) is 0 Å². The molecule has 0 spiro atoms. The number of hydrogen-bond acceptors (Lipinski definition) is 9. The van der Waals surface area contributed by atoms with Gasteiger partial charge in [0.25, 0.3) is 11.6 Å². The standard InChI is InChI=1S/C17H14N4O5S2/c1-2-26-14(22)8-11-9-27-16(18-11)20-17-19-15(23)13(28-17)7-10-3-5-12(6-4-10)21(24)25/h3-7,9H,2,8H2,1H3,(H,18,19,20,23)/b13-7-. The molecule has 1 N–H and O–H groups in total. The summed E-state index contributed by atoms with van der Waals surface area (Å²) in [4.78, 5) is 42.7. The van der Waals surface area contributed by atoms with Gasteiger partial charge in [0.2, 0.25) is 5.13 Å². The number of carbonyl (C=O) groups excluding carboxylic acids is 2. The molecule has 0 saturated carbocycles. The van der Waals surface area contributed by atoms with E-state index in [9.17, 15) is 19.7 Å². The Labute approximate surface area is 167 Å². The molecule has 0 aliphatic carbocycles. The number of nitrogens with one attached hydrogen (secondary N) is 1. The normalized spacial score (nSPS) is 16.4. The molecule has 9 nitrogen and oxygen atoms in total. The first-order valence-electron chi connectivity index (χ1n) is 8.08. The van der Waals surface area contributed by atoms with E-state index in [0.717, 1.165) is 11.8 Å². The Morgan fingerprint density at radius 3 is 2.82 bits per heavy atom. The topological polar surface area (TPSA) is 124 Å². The third-order valence-corrected chi connectivity index (χ3v) is 5.11. The molecule has 28 heavy (non-hydrogen) atoms. The Balaban J connectivity index is 1.69. The number of thiazole rings is 1. The van der Waals surface area contributed by atoms with Gasteiger partial charge in [0.05, 0.1) is 28.6 Å². The van der Waals surface area contributed by atoms with E-state index in [1.54, 1.807) is 30.5 Å². The van der Waals surface area contributed by atoms with Gasteiger partial charge < -0.3 is 10.1 Å². The summed E-state index contributed by atoms with van der Waals surface area (Å²) in [5, 5.41) is 15.8. The third-order valence-electron chi connectivity index (χ3n) is 3.42. The molecule has 1 amide bonds. The van der Waals surface area contributed by atoms with Crippen LogP contribution in [0.5, 0.6) is 0 Å². The number of thioether (sulfide) groups is 1. The van der Waals surface area contributed by atoms with Crippen LogP contribution in [0.2, 0.25) is 0 Å². The van der Waals surface area contributed by atoms with Crippen LogP contribution >= 0.6 is 23.1 Å². The van der Waals surface area contributed by atoms with Crippen molar-refractivity contribution in [1.82, 2.24) is 10.3 Å². The summed E-state index contributed by atoms with van der Waals surface area (Å²) in [5.74, 6) is -0.672. The number of carbonyl (C=O) groups is 2. The minimum absolute atomic E-state index is 0.0182. The number of amidine groups is 1. The number of nitro benzene ring substituents is 1. The van der Waals surface area contributed by atoms with Crippen LogP contribution in [0, 0.1) is 10.1 Å². The highest BCUT2D eigenvalue weighted by Gasteiger charge is 2.24. The smallest absolute Gasteiger partial charge is 0.311 e. The predicted octanol–water partition coefficient (Wildman–Crippen LogP) is 3.05. The number of rotatable bonds is 6. The molecule has 3 rings (SSSR count). The third kappa shape index (κ3) is 5.02. The molecule has 1 fully saturated rings. The number of nitro groups is 1. The van der Waals surface area contributed by atoms with Crippen molar-refractivity contribution in [2.24, 2.45) is 4.99 Å². The lowest BCUT2D eigenvalue weighted by atomic mass is 10.2. The molecular weight excluding hydrogens is 404 g/mol. The summed E-state index contributed by atoms with van der Waals surface area (Å²) in [6.07, 6.45) is 1.69. The Kier molecular flexibility index (Phi) is 6.16. The van der Waals surface area contributed by atoms with Crippen molar-refractivity contribution >= 4 is 57.0 Å². The highest BCUT2D eigenvalue weighted by atomic mass is 32.2. The van der Waals surface area contributed by atoms with E-state index in [1.807, 2.05) is 0 Å². The van der Waals surface area contributed by atoms with Gasteiger partial charge in [-0.1, -0.05) is 0 Å². The quantitative estimate of drug-likeness (QED) is 0.331. The first-order chi connectivity index (χ1) is 13.4. The number of benzene rings is 1. The fourth-order valence-electron chi connectivity index (χ4n) is 2.20. The minimum Gasteiger partial charge on any atom is -0.466 e. The van der Waals surface area contributed by atoms with Crippen LogP contribution in [0.15, 0.2) is 39.5 Å². The van der Waals surface area contributed by atoms with Gasteiger partial charge in [0.15, 0.2) is 5.17 Å². The van der Waals surface area contributed by atoms with Crippen molar-refractivity contribution in [3.8, 4) is 0 Å². The number of hydrogen-bond donors (Lipinski definition) is 1. The highest BCUT2D eigenvalue weighted by molar-refractivity contribution is 8.18. The number of aliphatic imine (C=N–C) groups is 1. The molecule has 2 aromatic rings. The molecule has 1 aliphatic heterocycles. The number of esters is 1. The first kappa shape index (κ1) is 19.7. The number of non-ortho nitro benzene ring substituents is 1. The average molecular weight is 418 g/mol. The van der Waals surface area contributed by atoms with Gasteiger partial charge >= 0.3 is 5.97 Å². The van der Waals surface area contributed by atoms with Crippen LogP contribution in [-0.2, 0) is 20.7 Å². The maximum atomic E-state index is 12.1. The van der Waals surface area contributed by atoms with Crippen molar-refractivity contribution in [2.75, 3.05) is 6.61 Å². The lowest BCUT2D eigenvalue weighted by Gasteiger charge is -1.97. The van der Waals surface area contributed by atoms with Crippen molar-refractivity contribution in [3.05, 3.63) is 55.9 Å². The van der Waals surface area contributed by atoms with Gasteiger partial charge in [-0.3, -0.25) is 19.7 Å². The van der Waals surface area contributed by atoms with E-state index < -0.39 is 4.92 Å². The monoisotopic (exact) mass is 418 g/mol. The second kappa shape index (κ2) is 8.76. The zero-order valence-corrected chi connectivity index (χ0v) is 16.2. The van der Waals surface area contributed by atoms with Crippen molar-refractivity contribution in [2.45, 2.75) is 13.3 Å². The molecule has 0 unspecified atom stereocenters. The van der Waals surface area contributed by atoms with E-state index in [0.29, 0.717) is 33.1 Å². The fraction of sp³-hybridized carbons (Fsp3) is 0.176. The average Bonchev–Trinajstić information content (AvgIpc) is 3.22. The summed E-state index contributed by atoms with van der Waals surface area (Å²) < 4.78 is 4.88. The van der Waals surface area contributed by atoms with Crippen LogP contribution in [-0.4, -0.2) is 33.6 Å². The lowest BCUT2D eigenvalue weighted by Crippen LogP contribution is -2.19. The summed E-state index contributed by atoms with van der Waals surface area (Å²) in [6, 6.07) is 5.88. The molecule has 1 aliphatic rings. The molecule has 0 bridgehead atoms. The van der Waals surface area contributed by atoms with Gasteiger partial charge in [-0.05, 0) is 42.5 Å². The maximum absolute atomic E-state index is 12.1. The van der Waals surface area contributed by atoms with Gasteiger partial charge in [-0.25, -0.2) is 4.98 Å². The van der Waals surface area contributed by atoms with E-state index in [4.69, 9.17) is 4.74 Å². The molecule has 11 heteroatoms. The zero-order valence-electron chi connectivity index (χ0n) is 14.6. The summed E-state index contributed by atoms with van der Waals surface area (Å²) >= 11 is 2.39. The molecule has 0 radical (unpaired) electrons. The Morgan fingerprint density at radius 1 is 1.39 bits per heavy atom. The van der Waals surface area contributed by atoms with E-state index in [1.165, 1.54) is 23.5 Å². The van der Waals surface area contributed by atoms with Crippen LogP contribution in [0.4, 0.5) is 10.8 Å². The Bertz CT molecular complexity index is 982. The first-order valence-corrected chi connectivity index (χ1v) is 9.78. The minimum atomic E-state index is -0.483. The van der Waals surface area contributed by atoms with E-state index >= 15 is 0 Å². The lowest BCUT2D eigenvalue weighted by molar-refractivity contribution is -0.384. The number of aromatic nitrogens is 1. The van der Waals surface area contributed by atoms with E-state index in [2.05, 4.69) is 15.3 Å². The molecule has 1 aromatic carbocycles. The van der Waals surface area contributed by atoms with Crippen LogP contribution < -0.4 is 5.32 Å². The SMILES string of the molecule is CCOC(=O)Cc1csc(/N=C2\NC(=O)/C(=C/c3ccc([N+](=O)[O-])cc3)S2)n1. The molecule has 144 valence electrons. The van der Waals surface area contributed by atoms with Crippen LogP contribution in [0.25, 0.3) is 6.08 Å². The fourth-order valence-corrected chi connectivity index (χ4v) is 3.77. The molecule has 0 atom stereocenters. The summed E-state index contributed by atoms with van der Waals surface area (Å²) in [5.41, 5.74) is 1.20. The second-order valence-corrected chi connectivity index (χ2v) is 7.30. The van der Waals surface area contributed by atoms with Gasteiger partial charge in [0, 0.05) is 17.5 Å². The summed E-state index contributed by atoms with van der Waals surface area (Å²) in [6.45, 7) is 2.04. The van der Waals surface area contributed by atoms with Crippen molar-refractivity contribution < 1.29 is 19.2 Å². The molecule has 1 saturated heterocycles. The summed E-state index contributed by atoms with van der Waals surface area (Å²) in [7, 11) is 0. The second-order valence-electron chi connectivity index (χ2n) is 5.43. The van der Waals surface area contributed by atoms with Gasteiger partial charge in [-0.2, -0.15) is 4.99 Å². The predicted molar refractivity (Wildman–Crippen MR) is 106 cm³/mol. The zero-order chi connectivity index (χ0) is 20.1. The Hall–Kier alpha value is -3.05. The molecule has 1 aromatic heterocycles. The highest BCUT2D eigenvalue weighted by Crippen LogP contribution is 2.29.